The number of unbranched alkanes of at least 4 members (excludes halogenated alkanes) is 1. The molecule has 260 valence electrons. The first kappa shape index (κ1) is 39.8. The molecule has 1 nitrogen and oxygen atoms in total. The summed E-state index contributed by atoms with van der Waals surface area (Å²) in [6.07, 6.45) is 0.0781. The molecule has 13 heteroatoms. The molecule has 0 heterocycles. The molecule has 0 aliphatic heterocycles. The molecule has 0 radical (unpaired) electrons. The van der Waals surface area contributed by atoms with E-state index >= 15 is 0 Å². The van der Waals surface area contributed by atoms with Crippen LogP contribution < -0.4 is 4.74 Å². The summed E-state index contributed by atoms with van der Waals surface area (Å²) in [6, 6.07) is 5.19. The zero-order valence-electron chi connectivity index (χ0n) is 25.8. The average molecular weight is 695 g/mol. The van der Waals surface area contributed by atoms with Crippen molar-refractivity contribution >= 4 is 0 Å². The summed E-state index contributed by atoms with van der Waals surface area (Å²) in [4.78, 5) is 0. The minimum Gasteiger partial charge on any atom is -0.429 e. The third-order valence-electron chi connectivity index (χ3n) is 7.03. The monoisotopic (exact) mass is 694 g/mol. The van der Waals surface area contributed by atoms with Crippen LogP contribution in [0.25, 0.3) is 11.1 Å². The molecule has 0 bridgehead atoms. The number of alkyl halides is 5. The lowest BCUT2D eigenvalue weighted by atomic mass is 9.94. The van der Waals surface area contributed by atoms with E-state index in [4.69, 9.17) is 0 Å². The molecule has 0 aliphatic carbocycles. The predicted octanol–water partition coefficient (Wildman–Crippen LogP) is 12.0. The van der Waals surface area contributed by atoms with E-state index in [1.807, 2.05) is 6.92 Å². The Kier molecular flexibility index (Phi) is 13.8. The molecule has 0 amide bonds. The summed E-state index contributed by atoms with van der Waals surface area (Å²) in [7, 11) is 0. The fraction of sp³-hybridized carbons (Fsp3) is 0.314. The normalized spacial score (nSPS) is 13.4. The molecule has 0 N–H and O–H groups in total. The third kappa shape index (κ3) is 10.1. The van der Waals surface area contributed by atoms with Crippen LogP contribution in [0.4, 0.5) is 52.7 Å². The first-order valence-electron chi connectivity index (χ1n) is 14.3. The second-order valence-corrected chi connectivity index (χ2v) is 10.7. The third-order valence-corrected chi connectivity index (χ3v) is 7.03. The molecule has 1 unspecified atom stereocenters. The maximum atomic E-state index is 14.9. The van der Waals surface area contributed by atoms with E-state index < -0.39 is 81.9 Å². The maximum absolute atomic E-state index is 14.9. The van der Waals surface area contributed by atoms with E-state index in [0.29, 0.717) is 18.9 Å². The standard InChI is InChI=1S/C33H28F12O.C2H2/c1-4-5-6-17(2)11-19-7-8-22(25(36)12-19)20-13-26(37)23(27(38)14-20)9-10-24(35)30(18(3)34)33(44,45)46-21-15-28(39)31(29(40)16-21)32(41,42)43;1-2/h7-8,10,12-17H,4-6,9,11H2,1-3H3;1-2H/b24-10+,30-18-;. The van der Waals surface area contributed by atoms with Crippen LogP contribution in [0.2, 0.25) is 0 Å². The van der Waals surface area contributed by atoms with Gasteiger partial charge in [0.2, 0.25) is 0 Å². The summed E-state index contributed by atoms with van der Waals surface area (Å²) in [5, 5.41) is 0. The molecule has 1 atom stereocenters. The fourth-order valence-electron chi connectivity index (χ4n) is 4.81. The Hall–Kier alpha value is -4.34. The van der Waals surface area contributed by atoms with Gasteiger partial charge in [-0.05, 0) is 61.1 Å². The smallest absolute Gasteiger partial charge is 0.429 e. The highest BCUT2D eigenvalue weighted by Gasteiger charge is 2.44. The van der Waals surface area contributed by atoms with Gasteiger partial charge in [0.15, 0.2) is 0 Å². The number of benzene rings is 3. The number of rotatable bonds is 12. The second-order valence-electron chi connectivity index (χ2n) is 10.7. The van der Waals surface area contributed by atoms with Crippen molar-refractivity contribution in [1.29, 1.82) is 0 Å². The van der Waals surface area contributed by atoms with Gasteiger partial charge in [-0.1, -0.05) is 45.2 Å². The summed E-state index contributed by atoms with van der Waals surface area (Å²) in [5.41, 5.74) is -5.08. The lowest BCUT2D eigenvalue weighted by Crippen LogP contribution is -2.29. The van der Waals surface area contributed by atoms with Gasteiger partial charge in [-0.25, -0.2) is 30.7 Å². The molecule has 0 saturated heterocycles. The molecule has 0 aromatic heterocycles. The number of ether oxygens (including phenoxy) is 1. The summed E-state index contributed by atoms with van der Waals surface area (Å²) < 4.78 is 173. The van der Waals surface area contributed by atoms with Crippen LogP contribution in [0.1, 0.15) is 56.7 Å². The minimum absolute atomic E-state index is 0.137. The molecule has 48 heavy (non-hydrogen) atoms. The van der Waals surface area contributed by atoms with E-state index in [0.717, 1.165) is 31.4 Å². The number of terminal acetylenes is 1. The molecule has 3 aromatic carbocycles. The topological polar surface area (TPSA) is 9.23 Å². The zero-order chi connectivity index (χ0) is 36.6. The largest absolute Gasteiger partial charge is 0.432 e. The highest BCUT2D eigenvalue weighted by Crippen LogP contribution is 2.40. The lowest BCUT2D eigenvalue weighted by molar-refractivity contribution is -0.145. The van der Waals surface area contributed by atoms with Crippen LogP contribution in [-0.2, 0) is 19.0 Å². The highest BCUT2D eigenvalue weighted by atomic mass is 19.4. The van der Waals surface area contributed by atoms with Crippen LogP contribution in [0.15, 0.2) is 65.8 Å². The predicted molar refractivity (Wildman–Crippen MR) is 158 cm³/mol. The van der Waals surface area contributed by atoms with Crippen LogP contribution in [-0.4, -0.2) is 6.11 Å². The number of allylic oxidation sites excluding steroid dienone is 2. The van der Waals surface area contributed by atoms with Crippen molar-refractivity contribution < 1.29 is 57.4 Å². The first-order chi connectivity index (χ1) is 22.3. The Morgan fingerprint density at radius 2 is 1.40 bits per heavy atom. The molecular formula is C35H30F12O. The van der Waals surface area contributed by atoms with Crippen LogP contribution >= 0.6 is 0 Å². The summed E-state index contributed by atoms with van der Waals surface area (Å²) in [6.45, 7) is 4.41. The van der Waals surface area contributed by atoms with Crippen LogP contribution in [0.3, 0.4) is 0 Å². The Balaban J connectivity index is 0.00000392. The lowest BCUT2D eigenvalue weighted by Gasteiger charge is -2.21. The zero-order valence-corrected chi connectivity index (χ0v) is 25.8. The van der Waals surface area contributed by atoms with Gasteiger partial charge in [-0.2, -0.15) is 22.0 Å². The Morgan fingerprint density at radius 3 is 1.88 bits per heavy atom. The van der Waals surface area contributed by atoms with Gasteiger partial charge in [-0.3, -0.25) is 0 Å². The molecule has 0 aliphatic rings. The second kappa shape index (κ2) is 16.7. The van der Waals surface area contributed by atoms with E-state index in [1.165, 1.54) is 12.1 Å². The van der Waals surface area contributed by atoms with E-state index in [1.54, 1.807) is 6.07 Å². The molecule has 3 rings (SSSR count). The van der Waals surface area contributed by atoms with Crippen molar-refractivity contribution in [2.75, 3.05) is 0 Å². The SMILES string of the molecule is C#C.CCCCC(C)Cc1ccc(-c2cc(F)c(C/C=C(F)\C(=C(/C)F)C(F)(F)Oc3cc(F)c(C(F)(F)F)c(F)c3)c(F)c2)c(F)c1. The van der Waals surface area contributed by atoms with Gasteiger partial charge in [0.1, 0.15) is 57.6 Å². The molecule has 0 spiro atoms. The number of hydrogen-bond donors (Lipinski definition) is 0. The van der Waals surface area contributed by atoms with Crippen molar-refractivity contribution in [2.45, 2.75) is 65.2 Å². The number of hydrogen-bond acceptors (Lipinski definition) is 1. The quantitative estimate of drug-likeness (QED) is 0.104. The highest BCUT2D eigenvalue weighted by molar-refractivity contribution is 5.65. The van der Waals surface area contributed by atoms with Gasteiger partial charge in [0.05, 0.1) is 0 Å². The summed E-state index contributed by atoms with van der Waals surface area (Å²) >= 11 is 0. The van der Waals surface area contributed by atoms with Crippen LogP contribution in [0, 0.1) is 47.9 Å². The molecule has 3 aromatic rings. The van der Waals surface area contributed by atoms with Gasteiger partial charge >= 0.3 is 12.3 Å². The van der Waals surface area contributed by atoms with E-state index in [2.05, 4.69) is 24.5 Å². The van der Waals surface area contributed by atoms with Gasteiger partial charge < -0.3 is 4.74 Å². The average Bonchev–Trinajstić information content (AvgIpc) is 2.95. The first-order valence-corrected chi connectivity index (χ1v) is 14.3. The number of halogens is 12. The fourth-order valence-corrected chi connectivity index (χ4v) is 4.81. The maximum Gasteiger partial charge on any atom is 0.432 e. The van der Waals surface area contributed by atoms with E-state index in [-0.39, 0.29) is 35.3 Å². The minimum atomic E-state index is -5.53. The molecule has 0 fully saturated rings. The van der Waals surface area contributed by atoms with Gasteiger partial charge in [0.25, 0.3) is 0 Å². The Labute approximate surface area is 269 Å². The van der Waals surface area contributed by atoms with Crippen molar-refractivity contribution in [3.8, 4) is 29.7 Å². The van der Waals surface area contributed by atoms with Crippen molar-refractivity contribution in [3.05, 3.63) is 112 Å². The molecule has 0 saturated carbocycles. The summed E-state index contributed by atoms with van der Waals surface area (Å²) in [5.74, 6) is -13.3. The van der Waals surface area contributed by atoms with Crippen molar-refractivity contribution in [2.24, 2.45) is 5.92 Å². The van der Waals surface area contributed by atoms with Gasteiger partial charge in [0, 0.05) is 23.3 Å². The Bertz CT molecular complexity index is 1620. The van der Waals surface area contributed by atoms with Crippen molar-refractivity contribution in [1.82, 2.24) is 0 Å². The van der Waals surface area contributed by atoms with Crippen molar-refractivity contribution in [3.63, 3.8) is 0 Å². The Morgan fingerprint density at radius 1 is 0.833 bits per heavy atom. The van der Waals surface area contributed by atoms with Crippen LogP contribution in [0.5, 0.6) is 5.75 Å². The van der Waals surface area contributed by atoms with Gasteiger partial charge in [-0.15, -0.1) is 12.8 Å². The van der Waals surface area contributed by atoms with E-state index in [9.17, 15) is 52.7 Å². The molecular weight excluding hydrogens is 664 g/mol.